The first-order chi connectivity index (χ1) is 8.20. The highest BCUT2D eigenvalue weighted by molar-refractivity contribution is 4.86. The largest absolute Gasteiger partial charge is 0.374 e. The van der Waals surface area contributed by atoms with Gasteiger partial charge in [-0.05, 0) is 26.2 Å². The van der Waals surface area contributed by atoms with Crippen molar-refractivity contribution < 1.29 is 4.74 Å². The summed E-state index contributed by atoms with van der Waals surface area (Å²) in [7, 11) is 0. The maximum atomic E-state index is 5.90. The first-order valence-corrected chi connectivity index (χ1v) is 7.02. The zero-order valence-corrected chi connectivity index (χ0v) is 11.2. The molecule has 1 heterocycles. The molecule has 17 heavy (non-hydrogen) atoms. The van der Waals surface area contributed by atoms with Crippen molar-refractivity contribution in [3.05, 3.63) is 0 Å². The average Bonchev–Trinajstić information content (AvgIpc) is 2.28. The van der Waals surface area contributed by atoms with E-state index in [4.69, 9.17) is 10.6 Å². The van der Waals surface area contributed by atoms with E-state index in [1.807, 2.05) is 0 Å². The highest BCUT2D eigenvalue weighted by atomic mass is 16.5. The van der Waals surface area contributed by atoms with E-state index < -0.39 is 0 Å². The van der Waals surface area contributed by atoms with Crippen LogP contribution in [-0.4, -0.2) is 42.8 Å². The molecule has 1 saturated heterocycles. The molecule has 2 aliphatic rings. The Kier molecular flexibility index (Phi) is 4.79. The number of hydrogen-bond donors (Lipinski definition) is 2. The summed E-state index contributed by atoms with van der Waals surface area (Å²) in [4.78, 5) is 2.49. The summed E-state index contributed by atoms with van der Waals surface area (Å²) in [6.07, 6.45) is 5.58. The van der Waals surface area contributed by atoms with Gasteiger partial charge in [0, 0.05) is 25.2 Å². The lowest BCUT2D eigenvalue weighted by atomic mass is 9.80. The fourth-order valence-corrected chi connectivity index (χ4v) is 2.82. The van der Waals surface area contributed by atoms with Gasteiger partial charge in [-0.1, -0.05) is 19.3 Å². The molecule has 2 unspecified atom stereocenters. The highest BCUT2D eigenvalue weighted by Gasteiger charge is 2.31. The van der Waals surface area contributed by atoms with Crippen LogP contribution in [0.5, 0.6) is 0 Å². The van der Waals surface area contributed by atoms with E-state index in [-0.39, 0.29) is 6.10 Å². The Morgan fingerprint density at radius 3 is 2.71 bits per heavy atom. The van der Waals surface area contributed by atoms with Crippen LogP contribution in [0.4, 0.5) is 0 Å². The predicted molar refractivity (Wildman–Crippen MR) is 69.5 cm³/mol. The number of nitrogens with zero attached hydrogens (tertiary/aromatic N) is 1. The van der Waals surface area contributed by atoms with Crippen LogP contribution in [0.15, 0.2) is 0 Å². The Balaban J connectivity index is 1.84. The van der Waals surface area contributed by atoms with Gasteiger partial charge in [-0.15, -0.1) is 0 Å². The molecule has 0 aromatic carbocycles. The minimum atomic E-state index is 0.261. The van der Waals surface area contributed by atoms with Gasteiger partial charge >= 0.3 is 0 Å². The number of nitrogens with one attached hydrogen (secondary N) is 1. The van der Waals surface area contributed by atoms with Gasteiger partial charge in [0.25, 0.3) is 0 Å². The molecular formula is C13H27N3O. The third-order valence-electron chi connectivity index (χ3n) is 4.33. The molecule has 0 spiro atoms. The van der Waals surface area contributed by atoms with Crippen LogP contribution in [0.1, 0.15) is 39.5 Å². The van der Waals surface area contributed by atoms with Gasteiger partial charge in [0.2, 0.25) is 0 Å². The van der Waals surface area contributed by atoms with Crippen molar-refractivity contribution in [1.29, 1.82) is 0 Å². The standard InChI is InChI=1S/C13H27N3O/c1-10(2)16-6-7-17-13(9-16)12(15-14)8-11-4-3-5-11/h10-13,15H,3-9,14H2,1-2H3. The Morgan fingerprint density at radius 1 is 1.41 bits per heavy atom. The second kappa shape index (κ2) is 6.14. The summed E-state index contributed by atoms with van der Waals surface area (Å²) < 4.78 is 5.90. The smallest absolute Gasteiger partial charge is 0.0868 e. The fraction of sp³-hybridized carbons (Fsp3) is 1.00. The molecule has 0 radical (unpaired) electrons. The maximum absolute atomic E-state index is 5.90. The van der Waals surface area contributed by atoms with Crippen molar-refractivity contribution in [3.63, 3.8) is 0 Å². The fourth-order valence-electron chi connectivity index (χ4n) is 2.82. The summed E-state index contributed by atoms with van der Waals surface area (Å²) in [6.45, 7) is 7.40. The summed E-state index contributed by atoms with van der Waals surface area (Å²) >= 11 is 0. The minimum absolute atomic E-state index is 0.261. The van der Waals surface area contributed by atoms with Crippen LogP contribution in [-0.2, 0) is 4.74 Å². The summed E-state index contributed by atoms with van der Waals surface area (Å²) in [5.74, 6) is 6.57. The third-order valence-corrected chi connectivity index (χ3v) is 4.33. The molecule has 0 aromatic rings. The lowest BCUT2D eigenvalue weighted by molar-refractivity contribution is -0.0602. The van der Waals surface area contributed by atoms with Gasteiger partial charge in [0.1, 0.15) is 0 Å². The summed E-state index contributed by atoms with van der Waals surface area (Å²) in [6, 6.07) is 0.922. The molecule has 1 aliphatic carbocycles. The van der Waals surface area contributed by atoms with Gasteiger partial charge in [0.05, 0.1) is 12.7 Å². The van der Waals surface area contributed by atoms with Crippen LogP contribution >= 0.6 is 0 Å². The monoisotopic (exact) mass is 241 g/mol. The van der Waals surface area contributed by atoms with Crippen molar-refractivity contribution in [3.8, 4) is 0 Å². The maximum Gasteiger partial charge on any atom is 0.0868 e. The molecule has 4 heteroatoms. The van der Waals surface area contributed by atoms with Gasteiger partial charge in [-0.2, -0.15) is 0 Å². The zero-order valence-electron chi connectivity index (χ0n) is 11.2. The molecule has 4 nitrogen and oxygen atoms in total. The first-order valence-electron chi connectivity index (χ1n) is 7.02. The van der Waals surface area contributed by atoms with E-state index in [9.17, 15) is 0 Å². The van der Waals surface area contributed by atoms with Gasteiger partial charge in [-0.25, -0.2) is 0 Å². The zero-order chi connectivity index (χ0) is 12.3. The quantitative estimate of drug-likeness (QED) is 0.559. The molecule has 100 valence electrons. The molecule has 2 fully saturated rings. The molecule has 3 N–H and O–H groups in total. The highest BCUT2D eigenvalue weighted by Crippen LogP contribution is 2.31. The SMILES string of the molecule is CC(C)N1CCOC(C(CC2CCC2)NN)C1. The van der Waals surface area contributed by atoms with Crippen molar-refractivity contribution in [2.75, 3.05) is 19.7 Å². The second-order valence-corrected chi connectivity index (χ2v) is 5.80. The average molecular weight is 241 g/mol. The van der Waals surface area contributed by atoms with E-state index in [0.29, 0.717) is 12.1 Å². The van der Waals surface area contributed by atoms with Crippen molar-refractivity contribution in [1.82, 2.24) is 10.3 Å². The molecule has 0 amide bonds. The lowest BCUT2D eigenvalue weighted by Gasteiger charge is -2.40. The van der Waals surface area contributed by atoms with Crippen LogP contribution in [0.2, 0.25) is 0 Å². The Labute approximate surface area is 105 Å². The second-order valence-electron chi connectivity index (χ2n) is 5.80. The number of morpholine rings is 1. The van der Waals surface area contributed by atoms with Crippen LogP contribution in [0.3, 0.4) is 0 Å². The van der Waals surface area contributed by atoms with E-state index in [1.54, 1.807) is 0 Å². The van der Waals surface area contributed by atoms with Crippen LogP contribution in [0, 0.1) is 5.92 Å². The third kappa shape index (κ3) is 3.41. The number of nitrogens with two attached hydrogens (primary N) is 1. The first kappa shape index (κ1) is 13.3. The predicted octanol–water partition coefficient (Wildman–Crippen LogP) is 1.12. The van der Waals surface area contributed by atoms with E-state index in [1.165, 1.54) is 25.7 Å². The van der Waals surface area contributed by atoms with Crippen molar-refractivity contribution in [2.45, 2.75) is 57.7 Å². The van der Waals surface area contributed by atoms with E-state index >= 15 is 0 Å². The molecule has 0 aromatic heterocycles. The van der Waals surface area contributed by atoms with E-state index in [0.717, 1.165) is 25.6 Å². The minimum Gasteiger partial charge on any atom is -0.374 e. The molecular weight excluding hydrogens is 214 g/mol. The van der Waals surface area contributed by atoms with Gasteiger partial charge < -0.3 is 4.74 Å². The molecule has 2 rings (SSSR count). The Morgan fingerprint density at radius 2 is 2.18 bits per heavy atom. The number of rotatable bonds is 5. The topological polar surface area (TPSA) is 50.5 Å². The molecule has 0 bridgehead atoms. The van der Waals surface area contributed by atoms with Crippen molar-refractivity contribution >= 4 is 0 Å². The Bertz CT molecular complexity index is 231. The summed E-state index contributed by atoms with van der Waals surface area (Å²) in [5.41, 5.74) is 2.98. The number of hydrogen-bond acceptors (Lipinski definition) is 4. The van der Waals surface area contributed by atoms with Crippen molar-refractivity contribution in [2.24, 2.45) is 11.8 Å². The van der Waals surface area contributed by atoms with Gasteiger partial charge in [0.15, 0.2) is 0 Å². The molecule has 1 saturated carbocycles. The Hall–Kier alpha value is -0.160. The summed E-state index contributed by atoms with van der Waals surface area (Å²) in [5, 5.41) is 0. The molecule has 1 aliphatic heterocycles. The van der Waals surface area contributed by atoms with Crippen LogP contribution in [0.25, 0.3) is 0 Å². The number of hydrazine groups is 1. The van der Waals surface area contributed by atoms with Gasteiger partial charge in [-0.3, -0.25) is 16.2 Å². The number of ether oxygens (including phenoxy) is 1. The van der Waals surface area contributed by atoms with E-state index in [2.05, 4.69) is 24.2 Å². The molecule has 2 atom stereocenters. The van der Waals surface area contributed by atoms with Crippen LogP contribution < -0.4 is 11.3 Å². The lowest BCUT2D eigenvalue weighted by Crippen LogP contribution is -2.56. The normalized spacial score (nSPS) is 29.3.